The molecule has 1 amide bonds. The largest absolute Gasteiger partial charge is 0.495 e. The SMILES string of the molecule is C=CCOc1ccccc1C1C(C#N)=C(C)NC(C)=C1C(=O)Nc1ccccc1OC. The van der Waals surface area contributed by atoms with Gasteiger partial charge in [0, 0.05) is 22.5 Å². The van der Waals surface area contributed by atoms with Crippen LogP contribution in [0, 0.1) is 11.3 Å². The molecule has 6 nitrogen and oxygen atoms in total. The van der Waals surface area contributed by atoms with E-state index >= 15 is 0 Å². The molecule has 0 fully saturated rings. The second kappa shape index (κ2) is 9.68. The highest BCUT2D eigenvalue weighted by molar-refractivity contribution is 6.07. The van der Waals surface area contributed by atoms with E-state index in [9.17, 15) is 10.1 Å². The lowest BCUT2D eigenvalue weighted by molar-refractivity contribution is -0.113. The van der Waals surface area contributed by atoms with Crippen molar-refractivity contribution in [2.45, 2.75) is 19.8 Å². The van der Waals surface area contributed by atoms with E-state index in [-0.39, 0.29) is 5.91 Å². The summed E-state index contributed by atoms with van der Waals surface area (Å²) in [5, 5.41) is 16.0. The second-order valence-corrected chi connectivity index (χ2v) is 7.04. The van der Waals surface area contributed by atoms with Crippen molar-refractivity contribution in [3.63, 3.8) is 0 Å². The molecule has 1 atom stereocenters. The highest BCUT2D eigenvalue weighted by atomic mass is 16.5. The highest BCUT2D eigenvalue weighted by Crippen LogP contribution is 2.42. The molecule has 0 aromatic heterocycles. The molecule has 31 heavy (non-hydrogen) atoms. The van der Waals surface area contributed by atoms with Gasteiger partial charge in [-0.2, -0.15) is 5.26 Å². The fraction of sp³-hybridized carbons (Fsp3) is 0.200. The maximum atomic E-state index is 13.5. The number of ether oxygens (including phenoxy) is 2. The van der Waals surface area contributed by atoms with E-state index in [2.05, 4.69) is 23.3 Å². The number of dihydropyridines is 1. The lowest BCUT2D eigenvalue weighted by atomic mass is 9.80. The summed E-state index contributed by atoms with van der Waals surface area (Å²) < 4.78 is 11.2. The van der Waals surface area contributed by atoms with Crippen molar-refractivity contribution in [3.05, 3.63) is 89.3 Å². The molecule has 1 aliphatic rings. The number of nitriles is 1. The predicted molar refractivity (Wildman–Crippen MR) is 121 cm³/mol. The zero-order valence-electron chi connectivity index (χ0n) is 17.9. The van der Waals surface area contributed by atoms with E-state index < -0.39 is 5.92 Å². The van der Waals surface area contributed by atoms with Gasteiger partial charge in [0.25, 0.3) is 5.91 Å². The number of carbonyl (C=O) groups excluding carboxylic acids is 1. The molecule has 1 unspecified atom stereocenters. The van der Waals surface area contributed by atoms with E-state index in [1.165, 1.54) is 0 Å². The lowest BCUT2D eigenvalue weighted by Crippen LogP contribution is -2.31. The Bertz CT molecular complexity index is 1110. The smallest absolute Gasteiger partial charge is 0.254 e. The van der Waals surface area contributed by atoms with E-state index in [1.54, 1.807) is 25.3 Å². The maximum absolute atomic E-state index is 13.5. The van der Waals surface area contributed by atoms with Gasteiger partial charge in [0.05, 0.1) is 30.4 Å². The Morgan fingerprint density at radius 1 is 1.16 bits per heavy atom. The van der Waals surface area contributed by atoms with Crippen LogP contribution in [-0.4, -0.2) is 19.6 Å². The number of nitrogens with one attached hydrogen (secondary N) is 2. The van der Waals surface area contributed by atoms with Gasteiger partial charge in [0.2, 0.25) is 0 Å². The molecule has 0 radical (unpaired) electrons. The molecule has 2 aromatic rings. The number of anilines is 1. The minimum atomic E-state index is -0.582. The van der Waals surface area contributed by atoms with Crippen molar-refractivity contribution in [1.29, 1.82) is 5.26 Å². The van der Waals surface area contributed by atoms with Gasteiger partial charge in [-0.1, -0.05) is 43.0 Å². The predicted octanol–water partition coefficient (Wildman–Crippen LogP) is 4.66. The van der Waals surface area contributed by atoms with Crippen molar-refractivity contribution in [2.75, 3.05) is 19.0 Å². The highest BCUT2D eigenvalue weighted by Gasteiger charge is 2.35. The monoisotopic (exact) mass is 415 g/mol. The summed E-state index contributed by atoms with van der Waals surface area (Å²) in [7, 11) is 1.55. The molecule has 2 aromatic carbocycles. The quantitative estimate of drug-likeness (QED) is 0.643. The first-order chi connectivity index (χ1) is 15.0. The molecular formula is C25H25N3O3. The minimum absolute atomic E-state index is 0.317. The summed E-state index contributed by atoms with van der Waals surface area (Å²) in [6.45, 7) is 7.67. The third-order valence-electron chi connectivity index (χ3n) is 5.07. The number of methoxy groups -OCH3 is 1. The molecule has 1 heterocycles. The van der Waals surface area contributed by atoms with E-state index in [1.807, 2.05) is 50.2 Å². The Labute approximate surface area is 182 Å². The summed E-state index contributed by atoms with van der Waals surface area (Å²) in [5.74, 6) is 0.252. The number of rotatable bonds is 7. The molecule has 0 saturated heterocycles. The van der Waals surface area contributed by atoms with Crippen molar-refractivity contribution in [1.82, 2.24) is 5.32 Å². The topological polar surface area (TPSA) is 83.4 Å². The van der Waals surface area contributed by atoms with Gasteiger partial charge in [-0.15, -0.1) is 0 Å². The molecule has 3 rings (SSSR count). The van der Waals surface area contributed by atoms with E-state index in [0.717, 1.165) is 5.56 Å². The summed E-state index contributed by atoms with van der Waals surface area (Å²) >= 11 is 0. The first kappa shape index (κ1) is 21.7. The van der Waals surface area contributed by atoms with Crippen LogP contribution in [0.25, 0.3) is 0 Å². The Balaban J connectivity index is 2.10. The average molecular weight is 415 g/mol. The Hall–Kier alpha value is -3.98. The Kier molecular flexibility index (Phi) is 6.78. The van der Waals surface area contributed by atoms with E-state index in [4.69, 9.17) is 9.47 Å². The Morgan fingerprint density at radius 2 is 1.84 bits per heavy atom. The van der Waals surface area contributed by atoms with Crippen LogP contribution in [-0.2, 0) is 4.79 Å². The first-order valence-electron chi connectivity index (χ1n) is 9.87. The van der Waals surface area contributed by atoms with Crippen LogP contribution < -0.4 is 20.1 Å². The first-order valence-corrected chi connectivity index (χ1v) is 9.87. The van der Waals surface area contributed by atoms with E-state index in [0.29, 0.717) is 46.3 Å². The molecule has 0 spiro atoms. The number of carbonyl (C=O) groups is 1. The van der Waals surface area contributed by atoms with Crippen LogP contribution >= 0.6 is 0 Å². The van der Waals surface area contributed by atoms with Gasteiger partial charge in [0.15, 0.2) is 0 Å². The van der Waals surface area contributed by atoms with Gasteiger partial charge >= 0.3 is 0 Å². The minimum Gasteiger partial charge on any atom is -0.495 e. The second-order valence-electron chi connectivity index (χ2n) is 7.04. The normalized spacial score (nSPS) is 15.6. The maximum Gasteiger partial charge on any atom is 0.254 e. The van der Waals surface area contributed by atoms with Crippen molar-refractivity contribution in [2.24, 2.45) is 0 Å². The number of amides is 1. The van der Waals surface area contributed by atoms with Crippen molar-refractivity contribution < 1.29 is 14.3 Å². The molecule has 1 aliphatic heterocycles. The molecule has 158 valence electrons. The fourth-order valence-electron chi connectivity index (χ4n) is 3.69. The van der Waals surface area contributed by atoms with Gasteiger partial charge in [-0.05, 0) is 32.0 Å². The lowest BCUT2D eigenvalue weighted by Gasteiger charge is -2.30. The van der Waals surface area contributed by atoms with Gasteiger partial charge in [-0.25, -0.2) is 0 Å². The number of benzene rings is 2. The van der Waals surface area contributed by atoms with Gasteiger partial charge < -0.3 is 20.1 Å². The van der Waals surface area contributed by atoms with Crippen LogP contribution in [0.5, 0.6) is 11.5 Å². The molecule has 6 heteroatoms. The Morgan fingerprint density at radius 3 is 2.52 bits per heavy atom. The third-order valence-corrected chi connectivity index (χ3v) is 5.07. The zero-order chi connectivity index (χ0) is 22.4. The molecule has 0 bridgehead atoms. The molecule has 2 N–H and O–H groups in total. The number of nitrogens with zero attached hydrogens (tertiary/aromatic N) is 1. The standard InChI is InChI=1S/C25H25N3O3/c1-5-14-31-21-12-8-6-10-18(21)24-19(15-26)16(2)27-17(3)23(24)25(29)28-20-11-7-9-13-22(20)30-4/h5-13,24,27H,1,14H2,2-4H3,(H,28,29). The van der Waals surface area contributed by atoms with Crippen LogP contribution in [0.3, 0.4) is 0 Å². The summed E-state index contributed by atoms with van der Waals surface area (Å²) in [4.78, 5) is 13.5. The number of para-hydroxylation sites is 3. The fourth-order valence-corrected chi connectivity index (χ4v) is 3.69. The molecule has 0 aliphatic carbocycles. The van der Waals surface area contributed by atoms with Crippen LogP contribution in [0.2, 0.25) is 0 Å². The third kappa shape index (κ3) is 4.46. The summed E-state index contributed by atoms with van der Waals surface area (Å²) in [6.07, 6.45) is 1.65. The number of hydrogen-bond acceptors (Lipinski definition) is 5. The van der Waals surface area contributed by atoms with Crippen molar-refractivity contribution in [3.8, 4) is 17.6 Å². The molecule has 0 saturated carbocycles. The number of hydrogen-bond donors (Lipinski definition) is 2. The summed E-state index contributed by atoms with van der Waals surface area (Å²) in [6, 6.07) is 16.9. The summed E-state index contributed by atoms with van der Waals surface area (Å²) in [5.41, 5.74) is 3.58. The number of allylic oxidation sites excluding steroid dienone is 3. The molecular weight excluding hydrogens is 390 g/mol. The van der Waals surface area contributed by atoms with Crippen LogP contribution in [0.4, 0.5) is 5.69 Å². The van der Waals surface area contributed by atoms with Gasteiger partial charge in [0.1, 0.15) is 18.1 Å². The van der Waals surface area contributed by atoms with Crippen molar-refractivity contribution >= 4 is 11.6 Å². The van der Waals surface area contributed by atoms with Crippen LogP contribution in [0.15, 0.2) is 83.7 Å². The van der Waals surface area contributed by atoms with Crippen LogP contribution in [0.1, 0.15) is 25.3 Å². The van der Waals surface area contributed by atoms with Gasteiger partial charge in [-0.3, -0.25) is 4.79 Å². The zero-order valence-corrected chi connectivity index (χ0v) is 17.9. The average Bonchev–Trinajstić information content (AvgIpc) is 2.77.